The topological polar surface area (TPSA) is 46.3 Å². The molecule has 0 heterocycles. The first kappa shape index (κ1) is 15.7. The fourth-order valence-corrected chi connectivity index (χ4v) is 1.89. The van der Waals surface area contributed by atoms with Crippen LogP contribution in [0.15, 0.2) is 0 Å². The van der Waals surface area contributed by atoms with E-state index < -0.39 is 0 Å². The Labute approximate surface area is 105 Å². The second-order valence-corrected chi connectivity index (χ2v) is 5.62. The lowest BCUT2D eigenvalue weighted by Crippen LogP contribution is -2.40. The molecule has 4 heteroatoms. The average molecular weight is 249 g/mol. The van der Waals surface area contributed by atoms with Crippen LogP contribution in [0.25, 0.3) is 0 Å². The molecule has 0 aromatic rings. The highest BCUT2D eigenvalue weighted by atomic mass is 35.5. The normalized spacial score (nSPS) is 16.2. The van der Waals surface area contributed by atoms with Crippen molar-refractivity contribution in [3.63, 3.8) is 0 Å². The maximum Gasteiger partial charge on any atom is 0.222 e. The summed E-state index contributed by atoms with van der Waals surface area (Å²) >= 11 is 0. The third kappa shape index (κ3) is 4.71. The Morgan fingerprint density at radius 3 is 2.38 bits per heavy atom. The monoisotopic (exact) mass is 248 g/mol. The number of hydrogen-bond acceptors (Lipinski definition) is 2. The van der Waals surface area contributed by atoms with Crippen molar-refractivity contribution in [2.45, 2.75) is 39.5 Å². The molecule has 0 spiro atoms. The number of halogens is 1. The summed E-state index contributed by atoms with van der Waals surface area (Å²) in [6.07, 6.45) is 4.51. The molecule has 0 radical (unpaired) electrons. The van der Waals surface area contributed by atoms with E-state index in [0.29, 0.717) is 12.5 Å². The SMILES string of the molecule is CN(CC(C)(C)CN)C(=O)CC1CCC1.Cl. The highest BCUT2D eigenvalue weighted by molar-refractivity contribution is 5.85. The maximum absolute atomic E-state index is 11.8. The van der Waals surface area contributed by atoms with Crippen LogP contribution in [-0.2, 0) is 4.79 Å². The van der Waals surface area contributed by atoms with Gasteiger partial charge < -0.3 is 10.6 Å². The predicted octanol–water partition coefficient (Wildman–Crippen LogP) is 2.04. The minimum Gasteiger partial charge on any atom is -0.345 e. The Kier molecular flexibility index (Phi) is 6.34. The Morgan fingerprint density at radius 2 is 2.00 bits per heavy atom. The van der Waals surface area contributed by atoms with Gasteiger partial charge in [0.15, 0.2) is 0 Å². The van der Waals surface area contributed by atoms with Gasteiger partial charge in [0.2, 0.25) is 5.91 Å². The summed E-state index contributed by atoms with van der Waals surface area (Å²) in [6, 6.07) is 0. The number of hydrogen-bond donors (Lipinski definition) is 1. The average Bonchev–Trinajstić information content (AvgIpc) is 2.10. The summed E-state index contributed by atoms with van der Waals surface area (Å²) in [7, 11) is 1.89. The smallest absolute Gasteiger partial charge is 0.222 e. The maximum atomic E-state index is 11.8. The van der Waals surface area contributed by atoms with Crippen LogP contribution in [0, 0.1) is 11.3 Å². The first-order chi connectivity index (χ1) is 6.94. The molecule has 3 nitrogen and oxygen atoms in total. The van der Waals surface area contributed by atoms with Gasteiger partial charge in [-0.05, 0) is 30.7 Å². The number of nitrogens with zero attached hydrogens (tertiary/aromatic N) is 1. The largest absolute Gasteiger partial charge is 0.345 e. The highest BCUT2D eigenvalue weighted by Crippen LogP contribution is 2.30. The van der Waals surface area contributed by atoms with E-state index in [1.807, 2.05) is 11.9 Å². The van der Waals surface area contributed by atoms with E-state index in [1.165, 1.54) is 19.3 Å². The van der Waals surface area contributed by atoms with Crippen LogP contribution in [0.2, 0.25) is 0 Å². The van der Waals surface area contributed by atoms with Gasteiger partial charge >= 0.3 is 0 Å². The molecule has 1 saturated carbocycles. The van der Waals surface area contributed by atoms with E-state index in [9.17, 15) is 4.79 Å². The molecule has 0 aliphatic heterocycles. The van der Waals surface area contributed by atoms with Gasteiger partial charge in [0.1, 0.15) is 0 Å². The molecule has 0 aromatic carbocycles. The fourth-order valence-electron chi connectivity index (χ4n) is 1.89. The quantitative estimate of drug-likeness (QED) is 0.810. The van der Waals surface area contributed by atoms with Crippen molar-refractivity contribution in [2.75, 3.05) is 20.1 Å². The van der Waals surface area contributed by atoms with Gasteiger partial charge in [-0.1, -0.05) is 20.3 Å². The molecule has 1 aliphatic rings. The molecule has 0 bridgehead atoms. The molecule has 1 fully saturated rings. The van der Waals surface area contributed by atoms with E-state index in [1.54, 1.807) is 0 Å². The molecule has 1 rings (SSSR count). The number of nitrogens with two attached hydrogens (primary N) is 1. The molecular formula is C12H25ClN2O. The summed E-state index contributed by atoms with van der Waals surface area (Å²) in [4.78, 5) is 13.7. The van der Waals surface area contributed by atoms with Crippen molar-refractivity contribution in [1.29, 1.82) is 0 Å². The Morgan fingerprint density at radius 1 is 1.44 bits per heavy atom. The Bertz CT molecular complexity index is 227. The van der Waals surface area contributed by atoms with Gasteiger partial charge in [-0.15, -0.1) is 12.4 Å². The van der Waals surface area contributed by atoms with Crippen molar-refractivity contribution in [3.05, 3.63) is 0 Å². The fraction of sp³-hybridized carbons (Fsp3) is 0.917. The summed E-state index contributed by atoms with van der Waals surface area (Å²) in [5.74, 6) is 0.933. The molecular weight excluding hydrogens is 224 g/mol. The lowest BCUT2D eigenvalue weighted by atomic mass is 9.82. The van der Waals surface area contributed by atoms with Gasteiger partial charge in [0, 0.05) is 20.0 Å². The van der Waals surface area contributed by atoms with E-state index in [2.05, 4.69) is 13.8 Å². The molecule has 1 aliphatic carbocycles. The summed E-state index contributed by atoms with van der Waals surface area (Å²) in [6.45, 7) is 5.57. The molecule has 0 aromatic heterocycles. The molecule has 0 atom stereocenters. The van der Waals surface area contributed by atoms with Crippen LogP contribution in [-0.4, -0.2) is 30.9 Å². The standard InChI is InChI=1S/C12H24N2O.ClH/c1-12(2,8-13)9-14(3)11(15)7-10-5-4-6-10;/h10H,4-9,13H2,1-3H3;1H. The number of carbonyl (C=O) groups is 1. The van der Waals surface area contributed by atoms with Crippen LogP contribution < -0.4 is 5.73 Å². The van der Waals surface area contributed by atoms with E-state index in [4.69, 9.17) is 5.73 Å². The number of carbonyl (C=O) groups excluding carboxylic acids is 1. The van der Waals surface area contributed by atoms with Crippen LogP contribution in [0.4, 0.5) is 0 Å². The second-order valence-electron chi connectivity index (χ2n) is 5.62. The number of amides is 1. The minimum atomic E-state index is 0. The molecule has 1 amide bonds. The van der Waals surface area contributed by atoms with Crippen LogP contribution in [0.3, 0.4) is 0 Å². The zero-order valence-corrected chi connectivity index (χ0v) is 11.5. The zero-order valence-electron chi connectivity index (χ0n) is 10.7. The summed E-state index contributed by atoms with van der Waals surface area (Å²) < 4.78 is 0. The Balaban J connectivity index is 0.00000225. The van der Waals surface area contributed by atoms with Crippen molar-refractivity contribution in [2.24, 2.45) is 17.1 Å². The van der Waals surface area contributed by atoms with E-state index >= 15 is 0 Å². The summed E-state index contributed by atoms with van der Waals surface area (Å²) in [5, 5.41) is 0. The molecule has 2 N–H and O–H groups in total. The van der Waals surface area contributed by atoms with Crippen LogP contribution >= 0.6 is 12.4 Å². The van der Waals surface area contributed by atoms with Gasteiger partial charge in [0.05, 0.1) is 0 Å². The van der Waals surface area contributed by atoms with Crippen LogP contribution in [0.1, 0.15) is 39.5 Å². The lowest BCUT2D eigenvalue weighted by Gasteiger charge is -2.31. The molecule has 0 unspecified atom stereocenters. The third-order valence-electron chi connectivity index (χ3n) is 3.33. The van der Waals surface area contributed by atoms with Gasteiger partial charge in [0.25, 0.3) is 0 Å². The first-order valence-corrected chi connectivity index (χ1v) is 5.88. The predicted molar refractivity (Wildman–Crippen MR) is 69.7 cm³/mol. The minimum absolute atomic E-state index is 0. The van der Waals surface area contributed by atoms with Crippen molar-refractivity contribution < 1.29 is 4.79 Å². The molecule has 96 valence electrons. The number of rotatable bonds is 5. The van der Waals surface area contributed by atoms with Gasteiger partial charge in [-0.25, -0.2) is 0 Å². The van der Waals surface area contributed by atoms with Gasteiger partial charge in [-0.2, -0.15) is 0 Å². The third-order valence-corrected chi connectivity index (χ3v) is 3.33. The molecule has 16 heavy (non-hydrogen) atoms. The van der Waals surface area contributed by atoms with Gasteiger partial charge in [-0.3, -0.25) is 4.79 Å². The van der Waals surface area contributed by atoms with Crippen molar-refractivity contribution in [1.82, 2.24) is 4.90 Å². The Hall–Kier alpha value is -0.280. The van der Waals surface area contributed by atoms with E-state index in [-0.39, 0.29) is 23.7 Å². The van der Waals surface area contributed by atoms with Crippen molar-refractivity contribution >= 4 is 18.3 Å². The lowest BCUT2D eigenvalue weighted by molar-refractivity contribution is -0.132. The van der Waals surface area contributed by atoms with Crippen molar-refractivity contribution in [3.8, 4) is 0 Å². The first-order valence-electron chi connectivity index (χ1n) is 5.88. The zero-order chi connectivity index (χ0) is 11.5. The highest BCUT2D eigenvalue weighted by Gasteiger charge is 2.25. The van der Waals surface area contributed by atoms with Crippen LogP contribution in [0.5, 0.6) is 0 Å². The summed E-state index contributed by atoms with van der Waals surface area (Å²) in [5.41, 5.74) is 5.69. The van der Waals surface area contributed by atoms with E-state index in [0.717, 1.165) is 13.0 Å². The molecule has 0 saturated heterocycles. The second kappa shape index (κ2) is 6.45.